The molecule has 0 heterocycles. The maximum atomic E-state index is 10.5. The van der Waals surface area contributed by atoms with Crippen LogP contribution < -0.4 is 11.5 Å². The smallest absolute Gasteiger partial charge is 0.217 e. The first-order chi connectivity index (χ1) is 20.2. The van der Waals surface area contributed by atoms with Crippen molar-refractivity contribution in [2.75, 3.05) is 19.8 Å². The molecule has 246 valence electrons. The van der Waals surface area contributed by atoms with Crippen LogP contribution in [-0.4, -0.2) is 25.7 Å². The van der Waals surface area contributed by atoms with E-state index in [1.807, 2.05) is 0 Å². The van der Waals surface area contributed by atoms with Gasteiger partial charge in [0.2, 0.25) is 5.91 Å². The van der Waals surface area contributed by atoms with Gasteiger partial charge in [-0.15, -0.1) is 0 Å². The van der Waals surface area contributed by atoms with Crippen molar-refractivity contribution in [2.24, 2.45) is 11.5 Å². The molecule has 0 aliphatic carbocycles. The zero-order valence-corrected chi connectivity index (χ0v) is 28.3. The van der Waals surface area contributed by atoms with Crippen molar-refractivity contribution in [2.45, 2.75) is 200 Å². The van der Waals surface area contributed by atoms with Crippen LogP contribution >= 0.6 is 0 Å². The Morgan fingerprint density at radius 3 is 1.22 bits per heavy atom. The van der Waals surface area contributed by atoms with Gasteiger partial charge in [-0.2, -0.15) is 0 Å². The fourth-order valence-corrected chi connectivity index (χ4v) is 5.06. The van der Waals surface area contributed by atoms with E-state index in [1.165, 1.54) is 161 Å². The molecule has 0 bridgehead atoms. The van der Waals surface area contributed by atoms with Crippen LogP contribution in [0.5, 0.6) is 0 Å². The van der Waals surface area contributed by atoms with E-state index < -0.39 is 0 Å². The number of ether oxygens (including phenoxy) is 1. The van der Waals surface area contributed by atoms with E-state index in [1.54, 1.807) is 0 Å². The standard InChI is InChI=1S/C19H41NO.C18H35NO/c1-2-3-4-5-6-7-8-9-10-11-12-13-14-15-18-21-19-16-17-20;1-2-3-4-5-6-7-8-9-10-11-12-13-14-15-16-17-18(19)20/h2-20H2,1H3;9-10H,2-8,11-17H2,1H3,(H2,19,20). The second-order valence-electron chi connectivity index (χ2n) is 12.2. The summed E-state index contributed by atoms with van der Waals surface area (Å²) >= 11 is 0. The summed E-state index contributed by atoms with van der Waals surface area (Å²) in [4.78, 5) is 10.5. The number of hydrogen-bond acceptors (Lipinski definition) is 3. The van der Waals surface area contributed by atoms with Gasteiger partial charge < -0.3 is 16.2 Å². The van der Waals surface area contributed by atoms with Gasteiger partial charge in [-0.05, 0) is 51.5 Å². The van der Waals surface area contributed by atoms with Crippen LogP contribution in [-0.2, 0) is 9.53 Å². The fraction of sp³-hybridized carbons (Fsp3) is 0.919. The van der Waals surface area contributed by atoms with Crippen LogP contribution in [0.4, 0.5) is 0 Å². The van der Waals surface area contributed by atoms with Crippen LogP contribution in [0.3, 0.4) is 0 Å². The summed E-state index contributed by atoms with van der Waals surface area (Å²) in [6, 6.07) is 0. The van der Waals surface area contributed by atoms with Crippen LogP contribution in [0.1, 0.15) is 200 Å². The lowest BCUT2D eigenvalue weighted by Gasteiger charge is -2.04. The molecule has 0 aromatic heterocycles. The molecule has 0 aromatic carbocycles. The number of amides is 1. The third kappa shape index (κ3) is 46.3. The lowest BCUT2D eigenvalue weighted by Crippen LogP contribution is -2.09. The Morgan fingerprint density at radius 2 is 0.829 bits per heavy atom. The molecule has 0 saturated heterocycles. The Hall–Kier alpha value is -0.870. The predicted octanol–water partition coefficient (Wildman–Crippen LogP) is 11.3. The van der Waals surface area contributed by atoms with Crippen molar-refractivity contribution in [3.8, 4) is 0 Å². The SMILES string of the molecule is CCCCCCCCC=CCCCCCCCC(N)=O.CCCCCCCCCCCCCCCCOCCCN. The maximum Gasteiger partial charge on any atom is 0.217 e. The second-order valence-corrected chi connectivity index (χ2v) is 12.2. The first-order valence-corrected chi connectivity index (χ1v) is 18.4. The van der Waals surface area contributed by atoms with E-state index in [0.717, 1.165) is 39.0 Å². The Kier molecular flexibility index (Phi) is 42.5. The zero-order chi connectivity index (χ0) is 30.3. The number of hydrogen-bond donors (Lipinski definition) is 2. The third-order valence-corrected chi connectivity index (χ3v) is 7.82. The zero-order valence-electron chi connectivity index (χ0n) is 28.3. The summed E-state index contributed by atoms with van der Waals surface area (Å²) in [5.74, 6) is -0.164. The van der Waals surface area contributed by atoms with Crippen LogP contribution in [0.2, 0.25) is 0 Å². The summed E-state index contributed by atoms with van der Waals surface area (Å²) in [5, 5.41) is 0. The fourth-order valence-electron chi connectivity index (χ4n) is 5.06. The molecule has 1 amide bonds. The monoisotopic (exact) mass is 581 g/mol. The van der Waals surface area contributed by atoms with Crippen molar-refractivity contribution in [1.82, 2.24) is 0 Å². The van der Waals surface area contributed by atoms with E-state index >= 15 is 0 Å². The van der Waals surface area contributed by atoms with Crippen LogP contribution in [0, 0.1) is 0 Å². The highest BCUT2D eigenvalue weighted by Gasteiger charge is 1.96. The molecule has 0 unspecified atom stereocenters. The van der Waals surface area contributed by atoms with Crippen LogP contribution in [0.15, 0.2) is 12.2 Å². The molecule has 0 atom stereocenters. The topological polar surface area (TPSA) is 78.3 Å². The molecule has 4 N–H and O–H groups in total. The van der Waals surface area contributed by atoms with Crippen molar-refractivity contribution in [1.29, 1.82) is 0 Å². The highest BCUT2D eigenvalue weighted by atomic mass is 16.5. The average Bonchev–Trinajstić information content (AvgIpc) is 2.97. The largest absolute Gasteiger partial charge is 0.381 e. The number of allylic oxidation sites excluding steroid dienone is 2. The van der Waals surface area contributed by atoms with Gasteiger partial charge in [0.25, 0.3) is 0 Å². The molecular formula is C37H76N2O2. The van der Waals surface area contributed by atoms with Crippen molar-refractivity contribution in [3.63, 3.8) is 0 Å². The molecule has 0 aliphatic rings. The van der Waals surface area contributed by atoms with Gasteiger partial charge in [0.05, 0.1) is 0 Å². The van der Waals surface area contributed by atoms with Crippen LogP contribution in [0.25, 0.3) is 0 Å². The predicted molar refractivity (Wildman–Crippen MR) is 183 cm³/mol. The summed E-state index contributed by atoms with van der Waals surface area (Å²) in [5.41, 5.74) is 10.5. The van der Waals surface area contributed by atoms with E-state index in [0.29, 0.717) is 6.42 Å². The molecule has 0 spiro atoms. The number of carbonyl (C=O) groups excluding carboxylic acids is 1. The number of rotatable bonds is 33. The van der Waals surface area contributed by atoms with Gasteiger partial charge in [-0.3, -0.25) is 4.79 Å². The molecule has 4 heteroatoms. The van der Waals surface area contributed by atoms with Gasteiger partial charge in [-0.25, -0.2) is 0 Å². The highest BCUT2D eigenvalue weighted by Crippen LogP contribution is 2.13. The lowest BCUT2D eigenvalue weighted by atomic mass is 10.0. The second kappa shape index (κ2) is 41.3. The van der Waals surface area contributed by atoms with Gasteiger partial charge in [0.1, 0.15) is 0 Å². The van der Waals surface area contributed by atoms with Gasteiger partial charge >= 0.3 is 0 Å². The highest BCUT2D eigenvalue weighted by molar-refractivity contribution is 5.73. The summed E-state index contributed by atoms with van der Waals surface area (Å²) < 4.78 is 5.50. The Bertz CT molecular complexity index is 477. The van der Waals surface area contributed by atoms with Crippen molar-refractivity contribution < 1.29 is 9.53 Å². The van der Waals surface area contributed by atoms with Crippen molar-refractivity contribution in [3.05, 3.63) is 12.2 Å². The minimum Gasteiger partial charge on any atom is -0.381 e. The van der Waals surface area contributed by atoms with E-state index in [2.05, 4.69) is 26.0 Å². The summed E-state index contributed by atoms with van der Waals surface area (Å²) in [7, 11) is 0. The first kappa shape index (κ1) is 42.3. The minimum absolute atomic E-state index is 0.164. The normalized spacial score (nSPS) is 11.2. The molecule has 0 radical (unpaired) electrons. The maximum absolute atomic E-state index is 10.5. The number of unbranched alkanes of at least 4 members (excludes halogenated alkanes) is 24. The molecule has 0 aromatic rings. The third-order valence-electron chi connectivity index (χ3n) is 7.82. The van der Waals surface area contributed by atoms with E-state index in [9.17, 15) is 4.79 Å². The first-order valence-electron chi connectivity index (χ1n) is 18.4. The Balaban J connectivity index is 0. The Morgan fingerprint density at radius 1 is 0.488 bits per heavy atom. The lowest BCUT2D eigenvalue weighted by molar-refractivity contribution is -0.118. The summed E-state index contributed by atoms with van der Waals surface area (Å²) in [6.45, 7) is 7.07. The number of carbonyl (C=O) groups is 1. The molecule has 4 nitrogen and oxygen atoms in total. The molecular weight excluding hydrogens is 504 g/mol. The minimum atomic E-state index is -0.164. The molecule has 0 saturated carbocycles. The van der Waals surface area contributed by atoms with E-state index in [4.69, 9.17) is 16.2 Å². The van der Waals surface area contributed by atoms with Crippen molar-refractivity contribution >= 4 is 5.91 Å². The van der Waals surface area contributed by atoms with E-state index in [-0.39, 0.29) is 5.91 Å². The Labute approximate surface area is 258 Å². The number of nitrogens with two attached hydrogens (primary N) is 2. The van der Waals surface area contributed by atoms with Gasteiger partial charge in [-0.1, -0.05) is 161 Å². The molecule has 0 fully saturated rings. The molecule has 0 aliphatic heterocycles. The quantitative estimate of drug-likeness (QED) is 0.0598. The summed E-state index contributed by atoms with van der Waals surface area (Å²) in [6.07, 6.45) is 42.7. The van der Waals surface area contributed by atoms with Gasteiger partial charge in [0, 0.05) is 19.6 Å². The van der Waals surface area contributed by atoms with Gasteiger partial charge in [0.15, 0.2) is 0 Å². The average molecular weight is 581 g/mol. The number of primary amides is 1. The molecule has 0 rings (SSSR count). The molecule has 41 heavy (non-hydrogen) atoms.